The highest BCUT2D eigenvalue weighted by Gasteiger charge is 2.21. The first-order chi connectivity index (χ1) is 8.67. The van der Waals surface area contributed by atoms with Gasteiger partial charge in [-0.15, -0.1) is 0 Å². The largest absolute Gasteiger partial charge is 0.465 e. The molecule has 0 amide bonds. The number of fused-ring (bicyclic) bond motifs is 1. The van der Waals surface area contributed by atoms with E-state index < -0.39 is 5.97 Å². The Labute approximate surface area is 103 Å². The summed E-state index contributed by atoms with van der Waals surface area (Å²) < 4.78 is 11.3. The van der Waals surface area contributed by atoms with Crippen LogP contribution in [0.4, 0.5) is 0 Å². The lowest BCUT2D eigenvalue weighted by Crippen LogP contribution is -2.13. The molecule has 7 nitrogen and oxygen atoms in total. The number of aromatic amines is 1. The lowest BCUT2D eigenvalue weighted by molar-refractivity contribution is 0.0600. The standard InChI is InChI=1S/C11H13N3O4/c1-17-4-3-14-5-7-9(12-13-10(7)15)8(6-14)11(16)18-2/h5-6H,3-4H2,1-2H3,(H,13,15). The van der Waals surface area contributed by atoms with Gasteiger partial charge in [-0.25, -0.2) is 9.89 Å². The number of pyridine rings is 1. The predicted octanol–water partition coefficient (Wildman–Crippen LogP) is 0.109. The molecule has 96 valence electrons. The molecule has 2 aliphatic rings. The Morgan fingerprint density at radius 2 is 2.22 bits per heavy atom. The van der Waals surface area contributed by atoms with E-state index in [0.29, 0.717) is 24.4 Å². The summed E-state index contributed by atoms with van der Waals surface area (Å²) in [5.41, 5.74) is 0.598. The Hall–Kier alpha value is -2.15. The van der Waals surface area contributed by atoms with Gasteiger partial charge in [-0.1, -0.05) is 0 Å². The van der Waals surface area contributed by atoms with E-state index in [1.165, 1.54) is 7.11 Å². The Balaban J connectivity index is 2.53. The molecule has 2 heterocycles. The third-order valence-electron chi connectivity index (χ3n) is 2.57. The molecule has 18 heavy (non-hydrogen) atoms. The van der Waals surface area contributed by atoms with Crippen molar-refractivity contribution in [1.82, 2.24) is 14.8 Å². The van der Waals surface area contributed by atoms with Crippen molar-refractivity contribution in [2.24, 2.45) is 0 Å². The van der Waals surface area contributed by atoms with E-state index in [2.05, 4.69) is 14.9 Å². The van der Waals surface area contributed by atoms with E-state index in [1.807, 2.05) is 0 Å². The number of methoxy groups -OCH3 is 2. The fourth-order valence-corrected chi connectivity index (χ4v) is 1.67. The van der Waals surface area contributed by atoms with Crippen LogP contribution in [0, 0.1) is 0 Å². The smallest absolute Gasteiger partial charge is 0.341 e. The van der Waals surface area contributed by atoms with Crippen LogP contribution in [0.2, 0.25) is 0 Å². The first-order valence-electron chi connectivity index (χ1n) is 5.32. The lowest BCUT2D eigenvalue weighted by Gasteiger charge is -2.10. The summed E-state index contributed by atoms with van der Waals surface area (Å²) in [6, 6.07) is 0. The zero-order chi connectivity index (χ0) is 13.1. The van der Waals surface area contributed by atoms with Crippen molar-refractivity contribution in [2.75, 3.05) is 20.8 Å². The Morgan fingerprint density at radius 3 is 2.89 bits per heavy atom. The third-order valence-corrected chi connectivity index (χ3v) is 2.57. The van der Waals surface area contributed by atoms with Gasteiger partial charge < -0.3 is 14.0 Å². The Bertz CT molecular complexity index is 587. The van der Waals surface area contributed by atoms with Gasteiger partial charge in [0.15, 0.2) is 0 Å². The minimum atomic E-state index is -0.529. The van der Waals surface area contributed by atoms with E-state index >= 15 is 0 Å². The molecule has 0 unspecified atom stereocenters. The highest BCUT2D eigenvalue weighted by atomic mass is 16.5. The highest BCUT2D eigenvalue weighted by molar-refractivity contribution is 5.95. The molecule has 7 heteroatoms. The normalized spacial score (nSPS) is 10.8. The molecule has 0 bridgehead atoms. The number of hydrogen-bond acceptors (Lipinski definition) is 5. The number of carbonyl (C=O) groups excluding carboxylic acids is 1. The second-order valence-electron chi connectivity index (χ2n) is 3.71. The van der Waals surface area contributed by atoms with E-state index in [4.69, 9.17) is 4.74 Å². The van der Waals surface area contributed by atoms with Gasteiger partial charge in [0, 0.05) is 26.0 Å². The number of hydrogen-bond donors (Lipinski definition) is 1. The van der Waals surface area contributed by atoms with Crippen LogP contribution in [0.3, 0.4) is 0 Å². The molecule has 0 spiro atoms. The summed E-state index contributed by atoms with van der Waals surface area (Å²) in [6.07, 6.45) is 3.22. The van der Waals surface area contributed by atoms with Crippen molar-refractivity contribution in [3.63, 3.8) is 0 Å². The molecule has 0 saturated heterocycles. The average molecular weight is 251 g/mol. The SMILES string of the molecule is COCCn1cc(C(=O)OC)c2n[nH]c(=O)c-2c1. The molecule has 1 N–H and O–H groups in total. The Kier molecular flexibility index (Phi) is 3.42. The van der Waals surface area contributed by atoms with Gasteiger partial charge in [-0.3, -0.25) is 4.79 Å². The number of ether oxygens (including phenoxy) is 2. The van der Waals surface area contributed by atoms with Crippen LogP contribution in [0.1, 0.15) is 10.4 Å². The number of H-pyrrole nitrogens is 1. The summed E-state index contributed by atoms with van der Waals surface area (Å²) in [5.74, 6) is -0.529. The van der Waals surface area contributed by atoms with Crippen molar-refractivity contribution < 1.29 is 14.3 Å². The zero-order valence-electron chi connectivity index (χ0n) is 10.1. The first kappa shape index (κ1) is 12.3. The maximum Gasteiger partial charge on any atom is 0.341 e. The van der Waals surface area contributed by atoms with Gasteiger partial charge >= 0.3 is 5.97 Å². The van der Waals surface area contributed by atoms with Gasteiger partial charge in [0.05, 0.1) is 19.3 Å². The monoisotopic (exact) mass is 251 g/mol. The molecule has 0 radical (unpaired) electrons. The molecule has 0 aromatic carbocycles. The molecule has 2 aliphatic heterocycles. The van der Waals surface area contributed by atoms with Crippen LogP contribution in [-0.4, -0.2) is 41.6 Å². The fourth-order valence-electron chi connectivity index (χ4n) is 1.67. The second kappa shape index (κ2) is 5.01. The van der Waals surface area contributed by atoms with Gasteiger partial charge in [-0.2, -0.15) is 5.10 Å². The summed E-state index contributed by atoms with van der Waals surface area (Å²) in [6.45, 7) is 1.00. The maximum atomic E-state index is 11.6. The number of nitrogens with zero attached hydrogens (tertiary/aromatic N) is 2. The van der Waals surface area contributed by atoms with Crippen LogP contribution in [0.5, 0.6) is 0 Å². The number of nitrogens with one attached hydrogen (secondary N) is 1. The molecular weight excluding hydrogens is 238 g/mol. The van der Waals surface area contributed by atoms with Crippen LogP contribution in [0.15, 0.2) is 17.2 Å². The summed E-state index contributed by atoms with van der Waals surface area (Å²) in [7, 11) is 2.86. The highest BCUT2D eigenvalue weighted by Crippen LogP contribution is 2.20. The van der Waals surface area contributed by atoms with E-state index in [9.17, 15) is 9.59 Å². The first-order valence-corrected chi connectivity index (χ1v) is 5.32. The molecule has 0 aliphatic carbocycles. The van der Waals surface area contributed by atoms with Crippen molar-refractivity contribution in [1.29, 1.82) is 0 Å². The van der Waals surface area contributed by atoms with E-state index in [1.54, 1.807) is 24.1 Å². The van der Waals surface area contributed by atoms with Crippen molar-refractivity contribution in [3.8, 4) is 11.3 Å². The molecule has 0 aromatic rings. The maximum absolute atomic E-state index is 11.6. The molecule has 0 atom stereocenters. The lowest BCUT2D eigenvalue weighted by atomic mass is 10.1. The van der Waals surface area contributed by atoms with Gasteiger partial charge in [0.2, 0.25) is 0 Å². The average Bonchev–Trinajstić information content (AvgIpc) is 2.76. The number of aromatic nitrogens is 3. The zero-order valence-corrected chi connectivity index (χ0v) is 10.1. The van der Waals surface area contributed by atoms with Crippen LogP contribution in [0.25, 0.3) is 11.3 Å². The molecule has 0 saturated carbocycles. The predicted molar refractivity (Wildman–Crippen MR) is 62.7 cm³/mol. The molecular formula is C11H13N3O4. The number of rotatable bonds is 4. The fraction of sp³-hybridized carbons (Fsp3) is 0.364. The van der Waals surface area contributed by atoms with E-state index in [-0.39, 0.29) is 11.1 Å². The number of esters is 1. The summed E-state index contributed by atoms with van der Waals surface area (Å²) in [5, 5.41) is 6.15. The third kappa shape index (κ3) is 2.12. The van der Waals surface area contributed by atoms with Crippen molar-refractivity contribution in [3.05, 3.63) is 28.3 Å². The van der Waals surface area contributed by atoms with E-state index in [0.717, 1.165) is 0 Å². The Morgan fingerprint density at radius 1 is 1.44 bits per heavy atom. The van der Waals surface area contributed by atoms with Gasteiger partial charge in [0.25, 0.3) is 5.56 Å². The van der Waals surface area contributed by atoms with Gasteiger partial charge in [-0.05, 0) is 0 Å². The summed E-state index contributed by atoms with van der Waals surface area (Å²) >= 11 is 0. The molecule has 0 aromatic heterocycles. The van der Waals surface area contributed by atoms with Crippen molar-refractivity contribution >= 4 is 5.97 Å². The van der Waals surface area contributed by atoms with Crippen LogP contribution >= 0.6 is 0 Å². The van der Waals surface area contributed by atoms with Gasteiger partial charge in [0.1, 0.15) is 11.3 Å². The molecule has 0 fully saturated rings. The quantitative estimate of drug-likeness (QED) is 0.779. The van der Waals surface area contributed by atoms with Crippen LogP contribution in [-0.2, 0) is 16.0 Å². The minimum Gasteiger partial charge on any atom is -0.465 e. The summed E-state index contributed by atoms with van der Waals surface area (Å²) in [4.78, 5) is 23.2. The van der Waals surface area contributed by atoms with Crippen LogP contribution < -0.4 is 5.56 Å². The number of carbonyl (C=O) groups is 1. The topological polar surface area (TPSA) is 86.2 Å². The second-order valence-corrected chi connectivity index (χ2v) is 3.71. The minimum absolute atomic E-state index is 0.254. The molecule has 2 rings (SSSR count). The van der Waals surface area contributed by atoms with Crippen molar-refractivity contribution in [2.45, 2.75) is 6.54 Å².